The minimum atomic E-state index is -0.786. The van der Waals surface area contributed by atoms with E-state index in [2.05, 4.69) is 5.10 Å². The molecule has 0 saturated carbocycles. The zero-order chi connectivity index (χ0) is 13.1. The predicted molar refractivity (Wildman–Crippen MR) is 69.3 cm³/mol. The second kappa shape index (κ2) is 5.04. The first kappa shape index (κ1) is 12.4. The van der Waals surface area contributed by atoms with E-state index in [9.17, 15) is 4.79 Å². The van der Waals surface area contributed by atoms with E-state index in [1.165, 1.54) is 5.56 Å². The third-order valence-electron chi connectivity index (χ3n) is 3.00. The van der Waals surface area contributed by atoms with Gasteiger partial charge < -0.3 is 5.11 Å². The van der Waals surface area contributed by atoms with Crippen LogP contribution in [0.1, 0.15) is 17.7 Å². The lowest BCUT2D eigenvalue weighted by Gasteiger charge is -2.05. The number of carboxylic acid groups (broad SMARTS) is 1. The normalized spacial score (nSPS) is 10.6. The zero-order valence-corrected chi connectivity index (χ0v) is 10.6. The number of nitrogens with zero attached hydrogens (tertiary/aromatic N) is 2. The fourth-order valence-electron chi connectivity index (χ4n) is 1.96. The molecule has 0 unspecified atom stereocenters. The molecule has 1 aromatic heterocycles. The molecule has 0 bridgehead atoms. The Morgan fingerprint density at radius 3 is 2.61 bits per heavy atom. The van der Waals surface area contributed by atoms with Gasteiger partial charge in [-0.3, -0.25) is 9.48 Å². The first-order valence-corrected chi connectivity index (χ1v) is 5.87. The first-order chi connectivity index (χ1) is 8.58. The fraction of sp³-hybridized carbons (Fsp3) is 0.286. The molecule has 0 fully saturated rings. The molecule has 0 spiro atoms. The molecule has 0 aliphatic heterocycles. The van der Waals surface area contributed by atoms with Crippen molar-refractivity contribution >= 4 is 5.97 Å². The highest BCUT2D eigenvalue weighted by Crippen LogP contribution is 2.24. The number of aryl methyl sites for hydroxylation is 2. The maximum Gasteiger partial charge on any atom is 0.303 e. The van der Waals surface area contributed by atoms with Crippen LogP contribution in [0.3, 0.4) is 0 Å². The molecule has 94 valence electrons. The fourth-order valence-corrected chi connectivity index (χ4v) is 1.96. The SMILES string of the molecule is Cc1ccc(-c2cnn(C)c2CCC(=O)O)cc1. The van der Waals surface area contributed by atoms with E-state index < -0.39 is 5.97 Å². The number of hydrogen-bond donors (Lipinski definition) is 1. The van der Waals surface area contributed by atoms with Gasteiger partial charge in [0.25, 0.3) is 0 Å². The Balaban J connectivity index is 2.33. The summed E-state index contributed by atoms with van der Waals surface area (Å²) in [5, 5.41) is 13.0. The van der Waals surface area contributed by atoms with Gasteiger partial charge in [-0.25, -0.2) is 0 Å². The third kappa shape index (κ3) is 2.59. The smallest absolute Gasteiger partial charge is 0.303 e. The van der Waals surface area contributed by atoms with Crippen molar-refractivity contribution in [2.24, 2.45) is 7.05 Å². The van der Waals surface area contributed by atoms with E-state index in [0.29, 0.717) is 6.42 Å². The van der Waals surface area contributed by atoms with Crippen LogP contribution in [0.25, 0.3) is 11.1 Å². The summed E-state index contributed by atoms with van der Waals surface area (Å²) < 4.78 is 1.75. The summed E-state index contributed by atoms with van der Waals surface area (Å²) in [6, 6.07) is 8.17. The zero-order valence-electron chi connectivity index (χ0n) is 10.6. The third-order valence-corrected chi connectivity index (χ3v) is 3.00. The summed E-state index contributed by atoms with van der Waals surface area (Å²) in [7, 11) is 1.84. The Kier molecular flexibility index (Phi) is 3.46. The Bertz CT molecular complexity index is 556. The lowest BCUT2D eigenvalue weighted by Crippen LogP contribution is -2.04. The number of rotatable bonds is 4. The van der Waals surface area contributed by atoms with Crippen molar-refractivity contribution in [2.45, 2.75) is 19.8 Å². The van der Waals surface area contributed by atoms with Crippen LogP contribution < -0.4 is 0 Å². The molecular formula is C14H16N2O2. The van der Waals surface area contributed by atoms with E-state index in [1.807, 2.05) is 38.2 Å². The Hall–Kier alpha value is -2.10. The molecule has 2 rings (SSSR count). The van der Waals surface area contributed by atoms with Gasteiger partial charge >= 0.3 is 5.97 Å². The molecular weight excluding hydrogens is 228 g/mol. The Morgan fingerprint density at radius 1 is 1.33 bits per heavy atom. The van der Waals surface area contributed by atoms with E-state index in [1.54, 1.807) is 10.9 Å². The van der Waals surface area contributed by atoms with Crippen molar-refractivity contribution < 1.29 is 9.90 Å². The van der Waals surface area contributed by atoms with Crippen LogP contribution in [0.5, 0.6) is 0 Å². The average Bonchev–Trinajstić information content (AvgIpc) is 2.69. The molecule has 0 aliphatic carbocycles. The maximum atomic E-state index is 10.7. The lowest BCUT2D eigenvalue weighted by atomic mass is 10.0. The number of carbonyl (C=O) groups is 1. The van der Waals surface area contributed by atoms with E-state index in [0.717, 1.165) is 16.8 Å². The van der Waals surface area contributed by atoms with Gasteiger partial charge in [-0.2, -0.15) is 5.10 Å². The van der Waals surface area contributed by atoms with Gasteiger partial charge in [0.2, 0.25) is 0 Å². The van der Waals surface area contributed by atoms with Gasteiger partial charge in [0, 0.05) is 24.7 Å². The van der Waals surface area contributed by atoms with Crippen LogP contribution in [0.2, 0.25) is 0 Å². The Morgan fingerprint density at radius 2 is 2.00 bits per heavy atom. The van der Waals surface area contributed by atoms with Gasteiger partial charge in [0.05, 0.1) is 12.6 Å². The van der Waals surface area contributed by atoms with Crippen molar-refractivity contribution in [3.63, 3.8) is 0 Å². The van der Waals surface area contributed by atoms with Crippen LogP contribution in [-0.2, 0) is 18.3 Å². The largest absolute Gasteiger partial charge is 0.481 e. The highest BCUT2D eigenvalue weighted by molar-refractivity contribution is 5.69. The highest BCUT2D eigenvalue weighted by atomic mass is 16.4. The van der Waals surface area contributed by atoms with Crippen molar-refractivity contribution in [1.29, 1.82) is 0 Å². The molecule has 1 aromatic carbocycles. The van der Waals surface area contributed by atoms with E-state index >= 15 is 0 Å². The van der Waals surface area contributed by atoms with Crippen molar-refractivity contribution in [3.05, 3.63) is 41.7 Å². The molecule has 18 heavy (non-hydrogen) atoms. The summed E-state index contributed by atoms with van der Waals surface area (Å²) in [6.45, 7) is 2.04. The molecule has 0 saturated heterocycles. The topological polar surface area (TPSA) is 55.1 Å². The molecule has 0 atom stereocenters. The summed E-state index contributed by atoms with van der Waals surface area (Å²) in [4.78, 5) is 10.7. The van der Waals surface area contributed by atoms with Crippen LogP contribution in [0, 0.1) is 6.92 Å². The van der Waals surface area contributed by atoms with E-state index in [4.69, 9.17) is 5.11 Å². The average molecular weight is 244 g/mol. The molecule has 1 N–H and O–H groups in total. The number of aromatic nitrogens is 2. The number of aliphatic carboxylic acids is 1. The molecule has 0 amide bonds. The first-order valence-electron chi connectivity index (χ1n) is 5.87. The summed E-state index contributed by atoms with van der Waals surface area (Å²) in [6.07, 6.45) is 2.41. The maximum absolute atomic E-state index is 10.7. The minimum absolute atomic E-state index is 0.123. The summed E-state index contributed by atoms with van der Waals surface area (Å²) in [5.74, 6) is -0.786. The number of benzene rings is 1. The van der Waals surface area contributed by atoms with Crippen molar-refractivity contribution in [3.8, 4) is 11.1 Å². The highest BCUT2D eigenvalue weighted by Gasteiger charge is 2.11. The van der Waals surface area contributed by atoms with Crippen molar-refractivity contribution in [1.82, 2.24) is 9.78 Å². The molecule has 0 aliphatic rings. The quantitative estimate of drug-likeness (QED) is 0.898. The van der Waals surface area contributed by atoms with Crippen LogP contribution in [0.15, 0.2) is 30.5 Å². The lowest BCUT2D eigenvalue weighted by molar-refractivity contribution is -0.136. The van der Waals surface area contributed by atoms with Gasteiger partial charge in [-0.1, -0.05) is 29.8 Å². The van der Waals surface area contributed by atoms with Gasteiger partial charge in [0.1, 0.15) is 0 Å². The number of hydrogen-bond acceptors (Lipinski definition) is 2. The molecule has 0 radical (unpaired) electrons. The molecule has 4 nitrogen and oxygen atoms in total. The van der Waals surface area contributed by atoms with Crippen LogP contribution >= 0.6 is 0 Å². The van der Waals surface area contributed by atoms with Gasteiger partial charge in [0.15, 0.2) is 0 Å². The molecule has 1 heterocycles. The van der Waals surface area contributed by atoms with Crippen molar-refractivity contribution in [2.75, 3.05) is 0 Å². The minimum Gasteiger partial charge on any atom is -0.481 e. The summed E-state index contributed by atoms with van der Waals surface area (Å²) >= 11 is 0. The van der Waals surface area contributed by atoms with Crippen LogP contribution in [0.4, 0.5) is 0 Å². The predicted octanol–water partition coefficient (Wildman–Crippen LogP) is 2.41. The molecule has 2 aromatic rings. The van der Waals surface area contributed by atoms with Gasteiger partial charge in [-0.05, 0) is 12.5 Å². The standard InChI is InChI=1S/C14H16N2O2/c1-10-3-5-11(6-4-10)12-9-15-16(2)13(12)7-8-14(17)18/h3-6,9H,7-8H2,1-2H3,(H,17,18). The molecule has 4 heteroatoms. The Labute approximate surface area is 106 Å². The van der Waals surface area contributed by atoms with E-state index in [-0.39, 0.29) is 6.42 Å². The van der Waals surface area contributed by atoms with Crippen LogP contribution in [-0.4, -0.2) is 20.9 Å². The second-order valence-electron chi connectivity index (χ2n) is 4.39. The monoisotopic (exact) mass is 244 g/mol. The number of carboxylic acids is 1. The summed E-state index contributed by atoms with van der Waals surface area (Å²) in [5.41, 5.74) is 4.25. The second-order valence-corrected chi connectivity index (χ2v) is 4.39. The van der Waals surface area contributed by atoms with Gasteiger partial charge in [-0.15, -0.1) is 0 Å².